The van der Waals surface area contributed by atoms with Crippen molar-refractivity contribution in [2.24, 2.45) is 0 Å². The third-order valence-corrected chi connectivity index (χ3v) is 7.27. The van der Waals surface area contributed by atoms with Crippen molar-refractivity contribution in [2.45, 2.75) is 35.4 Å². The summed E-state index contributed by atoms with van der Waals surface area (Å²) in [4.78, 5) is 36.6. The maximum Gasteiger partial charge on any atom is 0.325 e. The summed E-state index contributed by atoms with van der Waals surface area (Å²) in [7, 11) is 0. The SMILES string of the molecule is Cc1ccccc1Sc1ccc(-c2ccnc(NCCN3C(=O)NC(C)(C)C3=O)n2)s1. The molecule has 1 aliphatic rings. The van der Waals surface area contributed by atoms with E-state index in [4.69, 9.17) is 0 Å². The molecule has 0 spiro atoms. The Hall–Kier alpha value is -2.91. The summed E-state index contributed by atoms with van der Waals surface area (Å²) in [5.74, 6) is 0.233. The number of aryl methyl sites for hydroxylation is 1. The fourth-order valence-electron chi connectivity index (χ4n) is 3.17. The van der Waals surface area contributed by atoms with Crippen molar-refractivity contribution < 1.29 is 9.59 Å². The molecule has 160 valence electrons. The van der Waals surface area contributed by atoms with Gasteiger partial charge in [0.25, 0.3) is 5.91 Å². The molecule has 1 fully saturated rings. The van der Waals surface area contributed by atoms with E-state index in [2.05, 4.69) is 51.8 Å². The molecule has 2 aromatic heterocycles. The van der Waals surface area contributed by atoms with E-state index in [1.165, 1.54) is 19.6 Å². The lowest BCUT2D eigenvalue weighted by atomic mass is 10.1. The maximum atomic E-state index is 12.3. The lowest BCUT2D eigenvalue weighted by Crippen LogP contribution is -2.40. The van der Waals surface area contributed by atoms with E-state index < -0.39 is 5.54 Å². The summed E-state index contributed by atoms with van der Waals surface area (Å²) in [6.45, 7) is 6.12. The number of nitrogens with one attached hydrogen (secondary N) is 2. The van der Waals surface area contributed by atoms with E-state index in [1.807, 2.05) is 18.2 Å². The minimum atomic E-state index is -0.860. The zero-order chi connectivity index (χ0) is 22.0. The molecule has 2 N–H and O–H groups in total. The number of amides is 3. The summed E-state index contributed by atoms with van der Waals surface area (Å²) >= 11 is 3.43. The van der Waals surface area contributed by atoms with Crippen molar-refractivity contribution in [1.82, 2.24) is 20.2 Å². The first-order valence-electron chi connectivity index (χ1n) is 9.88. The molecular formula is C22H23N5O2S2. The molecule has 1 saturated heterocycles. The maximum absolute atomic E-state index is 12.3. The zero-order valence-electron chi connectivity index (χ0n) is 17.5. The third-order valence-electron chi connectivity index (χ3n) is 4.86. The first-order valence-corrected chi connectivity index (χ1v) is 11.5. The van der Waals surface area contributed by atoms with Crippen LogP contribution in [-0.4, -0.2) is 45.4 Å². The van der Waals surface area contributed by atoms with Gasteiger partial charge in [0.15, 0.2) is 0 Å². The number of carbonyl (C=O) groups excluding carboxylic acids is 2. The molecular weight excluding hydrogens is 430 g/mol. The summed E-state index contributed by atoms with van der Waals surface area (Å²) < 4.78 is 1.19. The summed E-state index contributed by atoms with van der Waals surface area (Å²) in [6.07, 6.45) is 1.70. The van der Waals surface area contributed by atoms with Gasteiger partial charge in [0.1, 0.15) is 5.54 Å². The van der Waals surface area contributed by atoms with Crippen LogP contribution in [0.2, 0.25) is 0 Å². The largest absolute Gasteiger partial charge is 0.352 e. The highest BCUT2D eigenvalue weighted by atomic mass is 32.2. The second kappa shape index (κ2) is 8.68. The Morgan fingerprint density at radius 3 is 2.71 bits per heavy atom. The van der Waals surface area contributed by atoms with Crippen LogP contribution in [0.5, 0.6) is 0 Å². The Morgan fingerprint density at radius 2 is 1.97 bits per heavy atom. The van der Waals surface area contributed by atoms with Crippen LogP contribution in [0.15, 0.2) is 57.8 Å². The summed E-state index contributed by atoms with van der Waals surface area (Å²) in [5.41, 5.74) is 1.22. The highest BCUT2D eigenvalue weighted by molar-refractivity contribution is 8.01. The Morgan fingerprint density at radius 1 is 1.16 bits per heavy atom. The average Bonchev–Trinajstić information content (AvgIpc) is 3.28. The predicted molar refractivity (Wildman–Crippen MR) is 123 cm³/mol. The van der Waals surface area contributed by atoms with Gasteiger partial charge in [0.05, 0.1) is 14.8 Å². The number of imide groups is 1. The van der Waals surface area contributed by atoms with Crippen LogP contribution in [0.1, 0.15) is 19.4 Å². The van der Waals surface area contributed by atoms with E-state index in [0.29, 0.717) is 12.5 Å². The van der Waals surface area contributed by atoms with Crippen LogP contribution in [-0.2, 0) is 4.79 Å². The van der Waals surface area contributed by atoms with E-state index in [1.54, 1.807) is 43.1 Å². The number of hydrogen-bond acceptors (Lipinski definition) is 7. The van der Waals surface area contributed by atoms with Crippen LogP contribution >= 0.6 is 23.1 Å². The minimum absolute atomic E-state index is 0.230. The minimum Gasteiger partial charge on any atom is -0.352 e. The Bertz CT molecular complexity index is 1130. The number of hydrogen-bond donors (Lipinski definition) is 2. The van der Waals surface area contributed by atoms with Crippen molar-refractivity contribution >= 4 is 41.0 Å². The fourth-order valence-corrected chi connectivity index (χ4v) is 5.31. The standard InChI is InChI=1S/C22H23N5O2S2/c1-14-6-4-5-7-16(14)30-18-9-8-17(31-18)15-10-11-23-20(25-15)24-12-13-27-19(28)22(2,3)26-21(27)29/h4-11H,12-13H2,1-3H3,(H,26,29)(H,23,24,25). The second-order valence-corrected chi connectivity index (χ2v) is 10.1. The monoisotopic (exact) mass is 453 g/mol. The molecule has 0 aliphatic carbocycles. The molecule has 7 nitrogen and oxygen atoms in total. The van der Waals surface area contributed by atoms with Crippen LogP contribution in [0.3, 0.4) is 0 Å². The molecule has 0 saturated carbocycles. The lowest BCUT2D eigenvalue weighted by Gasteiger charge is -2.16. The van der Waals surface area contributed by atoms with Gasteiger partial charge in [-0.3, -0.25) is 9.69 Å². The normalized spacial score (nSPS) is 15.3. The Kier molecular flexibility index (Phi) is 5.97. The van der Waals surface area contributed by atoms with Gasteiger partial charge in [-0.25, -0.2) is 14.8 Å². The topological polar surface area (TPSA) is 87.2 Å². The molecule has 31 heavy (non-hydrogen) atoms. The van der Waals surface area contributed by atoms with Gasteiger partial charge in [0.2, 0.25) is 5.95 Å². The molecule has 0 radical (unpaired) electrons. The van der Waals surface area contributed by atoms with E-state index in [-0.39, 0.29) is 18.5 Å². The van der Waals surface area contributed by atoms with Gasteiger partial charge in [-0.1, -0.05) is 30.0 Å². The molecule has 3 heterocycles. The van der Waals surface area contributed by atoms with E-state index in [9.17, 15) is 9.59 Å². The highest BCUT2D eigenvalue weighted by Crippen LogP contribution is 2.38. The first kappa shape index (κ1) is 21.3. The number of aromatic nitrogens is 2. The van der Waals surface area contributed by atoms with Crippen LogP contribution in [0, 0.1) is 6.92 Å². The zero-order valence-corrected chi connectivity index (χ0v) is 19.1. The summed E-state index contributed by atoms with van der Waals surface area (Å²) in [6, 6.07) is 14.0. The highest BCUT2D eigenvalue weighted by Gasteiger charge is 2.43. The molecule has 0 unspecified atom stereocenters. The Balaban J connectivity index is 1.39. The second-order valence-electron chi connectivity index (χ2n) is 7.69. The van der Waals surface area contributed by atoms with Crippen LogP contribution in [0.25, 0.3) is 10.6 Å². The molecule has 9 heteroatoms. The quantitative estimate of drug-likeness (QED) is 0.516. The number of carbonyl (C=O) groups is 2. The fraction of sp³-hybridized carbons (Fsp3) is 0.273. The molecule has 3 amide bonds. The number of nitrogens with zero attached hydrogens (tertiary/aromatic N) is 3. The van der Waals surface area contributed by atoms with Gasteiger partial charge >= 0.3 is 6.03 Å². The first-order chi connectivity index (χ1) is 14.8. The van der Waals surface area contributed by atoms with Crippen LogP contribution in [0.4, 0.5) is 10.7 Å². The molecule has 3 aromatic rings. The van der Waals surface area contributed by atoms with Crippen molar-refractivity contribution in [3.05, 3.63) is 54.2 Å². The van der Waals surface area contributed by atoms with Gasteiger partial charge in [-0.15, -0.1) is 11.3 Å². The molecule has 0 atom stereocenters. The number of rotatable bonds is 7. The summed E-state index contributed by atoms with van der Waals surface area (Å²) in [5, 5.41) is 5.78. The number of anilines is 1. The van der Waals surface area contributed by atoms with Gasteiger partial charge < -0.3 is 10.6 Å². The smallest absolute Gasteiger partial charge is 0.325 e. The number of urea groups is 1. The number of thiophene rings is 1. The van der Waals surface area contributed by atoms with Crippen molar-refractivity contribution in [3.63, 3.8) is 0 Å². The predicted octanol–water partition coefficient (Wildman–Crippen LogP) is 4.41. The van der Waals surface area contributed by atoms with Gasteiger partial charge in [-0.05, 0) is 50.6 Å². The van der Waals surface area contributed by atoms with Crippen molar-refractivity contribution in [1.29, 1.82) is 0 Å². The third kappa shape index (κ3) is 4.72. The molecule has 1 aliphatic heterocycles. The van der Waals surface area contributed by atoms with Crippen LogP contribution < -0.4 is 10.6 Å². The van der Waals surface area contributed by atoms with E-state index >= 15 is 0 Å². The molecule has 1 aromatic carbocycles. The average molecular weight is 454 g/mol. The molecule has 4 rings (SSSR count). The van der Waals surface area contributed by atoms with Crippen molar-refractivity contribution in [3.8, 4) is 10.6 Å². The van der Waals surface area contributed by atoms with Gasteiger partial charge in [-0.2, -0.15) is 0 Å². The van der Waals surface area contributed by atoms with E-state index in [0.717, 1.165) is 10.6 Å². The van der Waals surface area contributed by atoms with Gasteiger partial charge in [0, 0.05) is 24.2 Å². The number of benzene rings is 1. The van der Waals surface area contributed by atoms with Crippen molar-refractivity contribution in [2.75, 3.05) is 18.4 Å². The lowest BCUT2D eigenvalue weighted by molar-refractivity contribution is -0.130. The molecule has 0 bridgehead atoms. The Labute approximate surface area is 189 Å².